The van der Waals surface area contributed by atoms with Crippen LogP contribution < -0.4 is 5.32 Å². The standard InChI is InChI=1S/C21H23N3O3/c1-2-27-21(26)24-11-9-23(10-12-24)20(25)22-17-7-8-19-16(14-17)13-15-5-3-4-6-18(15)19/h3-8,14H,2,9-13H2,1H3,(H,22,25). The van der Waals surface area contributed by atoms with Crippen LogP contribution in [0.2, 0.25) is 0 Å². The molecule has 27 heavy (non-hydrogen) atoms. The normalized spacial score (nSPS) is 15.1. The van der Waals surface area contributed by atoms with E-state index in [1.807, 2.05) is 6.07 Å². The molecular formula is C21H23N3O3. The number of rotatable bonds is 2. The van der Waals surface area contributed by atoms with Crippen molar-refractivity contribution in [2.24, 2.45) is 0 Å². The van der Waals surface area contributed by atoms with Crippen LogP contribution in [0.3, 0.4) is 0 Å². The van der Waals surface area contributed by atoms with E-state index in [-0.39, 0.29) is 12.1 Å². The first-order chi connectivity index (χ1) is 13.2. The Hall–Kier alpha value is -3.02. The molecule has 1 aliphatic carbocycles. The van der Waals surface area contributed by atoms with Crippen molar-refractivity contribution in [3.63, 3.8) is 0 Å². The first-order valence-electron chi connectivity index (χ1n) is 9.34. The zero-order chi connectivity index (χ0) is 18.8. The molecule has 0 saturated carbocycles. The minimum Gasteiger partial charge on any atom is -0.450 e. The van der Waals surface area contributed by atoms with E-state index in [0.29, 0.717) is 32.8 Å². The average molecular weight is 365 g/mol. The summed E-state index contributed by atoms with van der Waals surface area (Å²) in [6.45, 7) is 4.14. The van der Waals surface area contributed by atoms with Crippen molar-refractivity contribution in [1.29, 1.82) is 0 Å². The van der Waals surface area contributed by atoms with Crippen LogP contribution in [-0.2, 0) is 11.2 Å². The number of urea groups is 1. The lowest BCUT2D eigenvalue weighted by Crippen LogP contribution is -2.51. The third-order valence-electron chi connectivity index (χ3n) is 5.14. The van der Waals surface area contributed by atoms with Gasteiger partial charge >= 0.3 is 12.1 Å². The molecule has 0 bridgehead atoms. The fraction of sp³-hybridized carbons (Fsp3) is 0.333. The van der Waals surface area contributed by atoms with E-state index in [1.54, 1.807) is 16.7 Å². The monoisotopic (exact) mass is 365 g/mol. The van der Waals surface area contributed by atoms with Crippen molar-refractivity contribution in [3.05, 3.63) is 53.6 Å². The molecule has 2 aromatic carbocycles. The Kier molecular flexibility index (Phi) is 4.71. The van der Waals surface area contributed by atoms with Crippen molar-refractivity contribution >= 4 is 17.8 Å². The van der Waals surface area contributed by atoms with Crippen molar-refractivity contribution in [1.82, 2.24) is 9.80 Å². The highest BCUT2D eigenvalue weighted by atomic mass is 16.6. The summed E-state index contributed by atoms with van der Waals surface area (Å²) in [7, 11) is 0. The molecule has 0 spiro atoms. The van der Waals surface area contributed by atoms with Crippen LogP contribution in [0.25, 0.3) is 11.1 Å². The number of hydrogen-bond donors (Lipinski definition) is 1. The second kappa shape index (κ2) is 7.31. The van der Waals surface area contributed by atoms with E-state index >= 15 is 0 Å². The summed E-state index contributed by atoms with van der Waals surface area (Å²) in [4.78, 5) is 27.7. The van der Waals surface area contributed by atoms with Gasteiger partial charge < -0.3 is 19.9 Å². The Bertz CT molecular complexity index is 873. The lowest BCUT2D eigenvalue weighted by atomic mass is 10.1. The van der Waals surface area contributed by atoms with Crippen LogP contribution in [0, 0.1) is 0 Å². The summed E-state index contributed by atoms with van der Waals surface area (Å²) >= 11 is 0. The Balaban J connectivity index is 1.37. The molecule has 0 unspecified atom stereocenters. The Labute approximate surface area is 158 Å². The molecule has 0 radical (unpaired) electrons. The molecule has 2 aromatic rings. The number of amides is 3. The molecule has 0 atom stereocenters. The summed E-state index contributed by atoms with van der Waals surface area (Å²) in [5.74, 6) is 0. The van der Waals surface area contributed by atoms with Crippen molar-refractivity contribution in [2.75, 3.05) is 38.1 Å². The molecule has 1 N–H and O–H groups in total. The number of nitrogens with one attached hydrogen (secondary N) is 1. The molecule has 1 fully saturated rings. The van der Waals surface area contributed by atoms with Crippen LogP contribution in [0.5, 0.6) is 0 Å². The quantitative estimate of drug-likeness (QED) is 0.755. The van der Waals surface area contributed by atoms with Crippen molar-refractivity contribution < 1.29 is 14.3 Å². The van der Waals surface area contributed by atoms with Gasteiger partial charge in [-0.1, -0.05) is 30.3 Å². The van der Waals surface area contributed by atoms with Gasteiger partial charge in [0.1, 0.15) is 0 Å². The fourth-order valence-electron chi connectivity index (χ4n) is 3.73. The molecular weight excluding hydrogens is 342 g/mol. The van der Waals surface area contributed by atoms with Crippen LogP contribution in [-0.4, -0.2) is 54.7 Å². The third-order valence-corrected chi connectivity index (χ3v) is 5.14. The van der Waals surface area contributed by atoms with Crippen LogP contribution in [0.4, 0.5) is 15.3 Å². The topological polar surface area (TPSA) is 61.9 Å². The number of nitrogens with zero attached hydrogens (tertiary/aromatic N) is 2. The summed E-state index contributed by atoms with van der Waals surface area (Å²) in [6, 6.07) is 14.4. The highest BCUT2D eigenvalue weighted by molar-refractivity contribution is 5.90. The van der Waals surface area contributed by atoms with Crippen LogP contribution in [0.1, 0.15) is 18.1 Å². The summed E-state index contributed by atoms with van der Waals surface area (Å²) < 4.78 is 5.01. The van der Waals surface area contributed by atoms with Crippen molar-refractivity contribution in [3.8, 4) is 11.1 Å². The van der Waals surface area contributed by atoms with E-state index in [2.05, 4.69) is 41.7 Å². The molecule has 1 aliphatic heterocycles. The van der Waals surface area contributed by atoms with Crippen LogP contribution >= 0.6 is 0 Å². The van der Waals surface area contributed by atoms with E-state index in [9.17, 15) is 9.59 Å². The number of carbonyl (C=O) groups is 2. The highest BCUT2D eigenvalue weighted by Crippen LogP contribution is 2.37. The largest absolute Gasteiger partial charge is 0.450 e. The second-order valence-electron chi connectivity index (χ2n) is 6.81. The van der Waals surface area contributed by atoms with Gasteiger partial charge in [-0.3, -0.25) is 0 Å². The van der Waals surface area contributed by atoms with Gasteiger partial charge in [0, 0.05) is 31.9 Å². The lowest BCUT2D eigenvalue weighted by molar-refractivity contribution is 0.0868. The van der Waals surface area contributed by atoms with Gasteiger partial charge in [-0.25, -0.2) is 9.59 Å². The van der Waals surface area contributed by atoms with E-state index in [4.69, 9.17) is 4.74 Å². The molecule has 140 valence electrons. The first kappa shape index (κ1) is 17.4. The van der Waals surface area contributed by atoms with Gasteiger partial charge in [0.05, 0.1) is 6.61 Å². The zero-order valence-electron chi connectivity index (χ0n) is 15.4. The molecule has 6 nitrogen and oxygen atoms in total. The minimum atomic E-state index is -0.309. The SMILES string of the molecule is CCOC(=O)N1CCN(C(=O)Nc2ccc3c(c2)Cc2ccccc2-3)CC1. The molecule has 2 aliphatic rings. The number of fused-ring (bicyclic) bond motifs is 3. The predicted molar refractivity (Wildman–Crippen MR) is 104 cm³/mol. The summed E-state index contributed by atoms with van der Waals surface area (Å²) in [5.41, 5.74) is 5.89. The van der Waals surface area contributed by atoms with Gasteiger partial charge in [-0.15, -0.1) is 0 Å². The smallest absolute Gasteiger partial charge is 0.409 e. The van der Waals surface area contributed by atoms with Gasteiger partial charge in [-0.05, 0) is 47.7 Å². The van der Waals surface area contributed by atoms with Crippen molar-refractivity contribution in [2.45, 2.75) is 13.3 Å². The number of benzene rings is 2. The Morgan fingerprint density at radius 3 is 2.44 bits per heavy atom. The molecule has 1 heterocycles. The zero-order valence-corrected chi connectivity index (χ0v) is 15.4. The van der Waals surface area contributed by atoms with Gasteiger partial charge in [-0.2, -0.15) is 0 Å². The maximum atomic E-state index is 12.6. The Morgan fingerprint density at radius 2 is 1.67 bits per heavy atom. The predicted octanol–water partition coefficient (Wildman–Crippen LogP) is 3.56. The molecule has 0 aromatic heterocycles. The first-order valence-corrected chi connectivity index (χ1v) is 9.34. The minimum absolute atomic E-state index is 0.131. The van der Waals surface area contributed by atoms with E-state index in [0.717, 1.165) is 12.1 Å². The lowest BCUT2D eigenvalue weighted by Gasteiger charge is -2.34. The fourth-order valence-corrected chi connectivity index (χ4v) is 3.73. The molecule has 4 rings (SSSR count). The van der Waals surface area contributed by atoms with E-state index in [1.165, 1.54) is 22.3 Å². The molecule has 3 amide bonds. The van der Waals surface area contributed by atoms with Gasteiger partial charge in [0.25, 0.3) is 0 Å². The second-order valence-corrected chi connectivity index (χ2v) is 6.81. The van der Waals surface area contributed by atoms with Crippen LogP contribution in [0.15, 0.2) is 42.5 Å². The number of piperazine rings is 1. The summed E-state index contributed by atoms with van der Waals surface area (Å²) in [5, 5.41) is 2.99. The number of hydrogen-bond acceptors (Lipinski definition) is 3. The number of carbonyl (C=O) groups excluding carboxylic acids is 2. The maximum absolute atomic E-state index is 12.6. The average Bonchev–Trinajstić information content (AvgIpc) is 3.06. The van der Waals surface area contributed by atoms with Gasteiger partial charge in [0.2, 0.25) is 0 Å². The molecule has 1 saturated heterocycles. The number of anilines is 1. The summed E-state index contributed by atoms with van der Waals surface area (Å²) in [6.07, 6.45) is 0.587. The third kappa shape index (κ3) is 3.47. The maximum Gasteiger partial charge on any atom is 0.409 e. The Morgan fingerprint density at radius 1 is 0.963 bits per heavy atom. The van der Waals surface area contributed by atoms with E-state index < -0.39 is 0 Å². The van der Waals surface area contributed by atoms with Gasteiger partial charge in [0.15, 0.2) is 0 Å². The number of ether oxygens (including phenoxy) is 1. The molecule has 6 heteroatoms. The highest BCUT2D eigenvalue weighted by Gasteiger charge is 2.25.